The van der Waals surface area contributed by atoms with E-state index in [-0.39, 0.29) is 11.9 Å². The van der Waals surface area contributed by atoms with Gasteiger partial charge >= 0.3 is 5.97 Å². The zero-order valence-corrected chi connectivity index (χ0v) is 18.9. The number of anilines is 2. The second-order valence-corrected chi connectivity index (χ2v) is 8.78. The standard InChI is InChI=1S/C23H29N3O4S/c1-3-30-23(28)21-19(16-7-8-16)15-31-22(21)24-20(27)14-25-9-11-26(12-10-25)17-5-4-6-18(13-17)29-2/h4-6,13,15-16H,3,7-12,14H2,1-2H3,(H,24,27). The van der Waals surface area contributed by atoms with Crippen LogP contribution in [0.1, 0.15) is 41.6 Å². The van der Waals surface area contributed by atoms with Crippen LogP contribution in [-0.2, 0) is 9.53 Å². The first-order valence-electron chi connectivity index (χ1n) is 10.8. The number of esters is 1. The van der Waals surface area contributed by atoms with E-state index in [0.717, 1.165) is 56.0 Å². The third-order valence-electron chi connectivity index (χ3n) is 5.73. The molecule has 0 unspecified atom stereocenters. The van der Waals surface area contributed by atoms with Gasteiger partial charge in [0, 0.05) is 37.9 Å². The van der Waals surface area contributed by atoms with Crippen LogP contribution in [0.15, 0.2) is 29.6 Å². The number of benzene rings is 1. The van der Waals surface area contributed by atoms with Gasteiger partial charge in [0.15, 0.2) is 0 Å². The molecule has 1 aromatic carbocycles. The quantitative estimate of drug-likeness (QED) is 0.629. The van der Waals surface area contributed by atoms with Crippen molar-refractivity contribution in [2.75, 3.05) is 56.7 Å². The molecule has 2 aliphatic rings. The lowest BCUT2D eigenvalue weighted by Gasteiger charge is -2.35. The summed E-state index contributed by atoms with van der Waals surface area (Å²) in [4.78, 5) is 29.6. The molecular weight excluding hydrogens is 414 g/mol. The molecule has 4 rings (SSSR count). The van der Waals surface area contributed by atoms with Gasteiger partial charge in [-0.25, -0.2) is 4.79 Å². The van der Waals surface area contributed by atoms with Crippen molar-refractivity contribution in [3.63, 3.8) is 0 Å². The van der Waals surface area contributed by atoms with Gasteiger partial charge in [-0.05, 0) is 48.8 Å². The Morgan fingerprint density at radius 1 is 1.19 bits per heavy atom. The molecule has 0 radical (unpaired) electrons. The molecule has 31 heavy (non-hydrogen) atoms. The lowest BCUT2D eigenvalue weighted by atomic mass is 10.1. The molecule has 1 aromatic heterocycles. The number of piperazine rings is 1. The van der Waals surface area contributed by atoms with E-state index >= 15 is 0 Å². The number of hydrogen-bond acceptors (Lipinski definition) is 7. The van der Waals surface area contributed by atoms with Crippen molar-refractivity contribution in [2.24, 2.45) is 0 Å². The number of thiophene rings is 1. The molecule has 0 atom stereocenters. The van der Waals surface area contributed by atoms with E-state index in [1.807, 2.05) is 23.6 Å². The zero-order valence-electron chi connectivity index (χ0n) is 18.1. The smallest absolute Gasteiger partial charge is 0.341 e. The first-order chi connectivity index (χ1) is 15.1. The zero-order chi connectivity index (χ0) is 21.8. The Morgan fingerprint density at radius 2 is 1.97 bits per heavy atom. The average Bonchev–Trinajstić information content (AvgIpc) is 3.54. The number of ether oxygens (including phenoxy) is 2. The first kappa shape index (κ1) is 21.6. The van der Waals surface area contributed by atoms with Gasteiger partial charge in [-0.2, -0.15) is 0 Å². The fourth-order valence-electron chi connectivity index (χ4n) is 3.91. The van der Waals surface area contributed by atoms with Crippen LogP contribution in [0, 0.1) is 0 Å². The molecule has 0 spiro atoms. The molecule has 7 nitrogen and oxygen atoms in total. The number of amides is 1. The van der Waals surface area contributed by atoms with E-state index < -0.39 is 0 Å². The fraction of sp³-hybridized carbons (Fsp3) is 0.478. The summed E-state index contributed by atoms with van der Waals surface area (Å²) in [6.07, 6.45) is 2.18. The molecule has 1 N–H and O–H groups in total. The van der Waals surface area contributed by atoms with E-state index in [0.29, 0.717) is 29.6 Å². The Bertz CT molecular complexity index is 933. The summed E-state index contributed by atoms with van der Waals surface area (Å²) in [5.41, 5.74) is 2.70. The minimum Gasteiger partial charge on any atom is -0.497 e. The maximum atomic E-state index is 12.7. The monoisotopic (exact) mass is 443 g/mol. The molecule has 2 aromatic rings. The topological polar surface area (TPSA) is 71.1 Å². The highest BCUT2D eigenvalue weighted by atomic mass is 32.1. The van der Waals surface area contributed by atoms with Gasteiger partial charge in [0.25, 0.3) is 0 Å². The van der Waals surface area contributed by atoms with Crippen LogP contribution in [0.3, 0.4) is 0 Å². The molecule has 166 valence electrons. The Kier molecular flexibility index (Phi) is 6.77. The number of nitrogens with zero attached hydrogens (tertiary/aromatic N) is 2. The van der Waals surface area contributed by atoms with Crippen molar-refractivity contribution in [1.82, 2.24) is 4.90 Å². The van der Waals surface area contributed by atoms with Crippen LogP contribution in [0.25, 0.3) is 0 Å². The molecule has 2 fully saturated rings. The van der Waals surface area contributed by atoms with Crippen molar-refractivity contribution >= 4 is 33.9 Å². The van der Waals surface area contributed by atoms with Crippen LogP contribution in [0.4, 0.5) is 10.7 Å². The van der Waals surface area contributed by atoms with Crippen molar-refractivity contribution in [1.29, 1.82) is 0 Å². The predicted octanol–water partition coefficient (Wildman–Crippen LogP) is 3.57. The Balaban J connectivity index is 1.33. The summed E-state index contributed by atoms with van der Waals surface area (Å²) in [6.45, 7) is 5.72. The minimum absolute atomic E-state index is 0.0930. The Labute approximate surface area is 186 Å². The van der Waals surface area contributed by atoms with Crippen molar-refractivity contribution < 1.29 is 19.1 Å². The van der Waals surface area contributed by atoms with E-state index in [1.165, 1.54) is 11.3 Å². The van der Waals surface area contributed by atoms with Crippen molar-refractivity contribution in [3.8, 4) is 5.75 Å². The number of carbonyl (C=O) groups excluding carboxylic acids is 2. The summed E-state index contributed by atoms with van der Waals surface area (Å²) < 4.78 is 10.6. The van der Waals surface area contributed by atoms with Crippen LogP contribution in [-0.4, -0.2) is 63.2 Å². The summed E-state index contributed by atoms with van der Waals surface area (Å²) in [7, 11) is 1.67. The van der Waals surface area contributed by atoms with Crippen LogP contribution in [0.2, 0.25) is 0 Å². The number of methoxy groups -OCH3 is 1. The van der Waals surface area contributed by atoms with Gasteiger partial charge in [0.1, 0.15) is 10.8 Å². The molecule has 1 amide bonds. The third kappa shape index (κ3) is 5.19. The second-order valence-electron chi connectivity index (χ2n) is 7.90. The molecule has 1 aliphatic heterocycles. The molecule has 0 bridgehead atoms. The average molecular weight is 444 g/mol. The van der Waals surface area contributed by atoms with E-state index in [9.17, 15) is 9.59 Å². The van der Waals surface area contributed by atoms with Gasteiger partial charge in [-0.3, -0.25) is 9.69 Å². The Morgan fingerprint density at radius 3 is 2.65 bits per heavy atom. The normalized spacial score (nSPS) is 16.8. The fourth-order valence-corrected chi connectivity index (χ4v) is 4.96. The molecule has 1 saturated carbocycles. The Hall–Kier alpha value is -2.58. The summed E-state index contributed by atoms with van der Waals surface area (Å²) >= 11 is 1.42. The van der Waals surface area contributed by atoms with Gasteiger partial charge in [-0.1, -0.05) is 6.07 Å². The number of carbonyl (C=O) groups is 2. The van der Waals surface area contributed by atoms with Crippen LogP contribution < -0.4 is 15.0 Å². The van der Waals surface area contributed by atoms with Crippen molar-refractivity contribution in [3.05, 3.63) is 40.8 Å². The molecule has 2 heterocycles. The van der Waals surface area contributed by atoms with E-state index in [1.54, 1.807) is 14.0 Å². The first-order valence-corrected chi connectivity index (χ1v) is 11.7. The summed E-state index contributed by atoms with van der Waals surface area (Å²) in [5, 5.41) is 5.57. The lowest BCUT2D eigenvalue weighted by Crippen LogP contribution is -2.48. The lowest BCUT2D eigenvalue weighted by molar-refractivity contribution is -0.117. The highest BCUT2D eigenvalue weighted by Gasteiger charge is 2.32. The predicted molar refractivity (Wildman–Crippen MR) is 123 cm³/mol. The van der Waals surface area contributed by atoms with Gasteiger partial charge in [-0.15, -0.1) is 11.3 Å². The van der Waals surface area contributed by atoms with Gasteiger partial charge in [0.2, 0.25) is 5.91 Å². The molecular formula is C23H29N3O4S. The highest BCUT2D eigenvalue weighted by molar-refractivity contribution is 7.15. The molecule has 8 heteroatoms. The SMILES string of the molecule is CCOC(=O)c1c(C2CC2)csc1NC(=O)CN1CCN(c2cccc(OC)c2)CC1. The van der Waals surface area contributed by atoms with E-state index in [4.69, 9.17) is 9.47 Å². The summed E-state index contributed by atoms with van der Waals surface area (Å²) in [6, 6.07) is 8.05. The van der Waals surface area contributed by atoms with E-state index in [2.05, 4.69) is 21.2 Å². The maximum absolute atomic E-state index is 12.7. The molecule has 1 aliphatic carbocycles. The van der Waals surface area contributed by atoms with Gasteiger partial charge in [0.05, 0.1) is 25.8 Å². The third-order valence-corrected chi connectivity index (χ3v) is 6.64. The van der Waals surface area contributed by atoms with Crippen LogP contribution in [0.5, 0.6) is 5.75 Å². The van der Waals surface area contributed by atoms with Gasteiger partial charge < -0.3 is 19.7 Å². The number of nitrogens with one attached hydrogen (secondary N) is 1. The number of hydrogen-bond donors (Lipinski definition) is 1. The largest absolute Gasteiger partial charge is 0.497 e. The van der Waals surface area contributed by atoms with Crippen LogP contribution >= 0.6 is 11.3 Å². The molecule has 1 saturated heterocycles. The van der Waals surface area contributed by atoms with Crippen molar-refractivity contribution in [2.45, 2.75) is 25.7 Å². The summed E-state index contributed by atoms with van der Waals surface area (Å²) in [5.74, 6) is 0.835. The minimum atomic E-state index is -0.340. The highest BCUT2D eigenvalue weighted by Crippen LogP contribution is 2.46. The maximum Gasteiger partial charge on any atom is 0.341 e. The second kappa shape index (κ2) is 9.70. The number of rotatable bonds is 8.